The Labute approximate surface area is 161 Å². The van der Waals surface area contributed by atoms with E-state index in [-0.39, 0.29) is 5.91 Å². The SMILES string of the molecule is C[n+]1cc(-c2cnc3c(-c4csc(C(=O)N5CC(F)(F)C5)c4)cnn3c2)c[nH]1. The molecular weight excluding hydrogens is 386 g/mol. The maximum absolute atomic E-state index is 13.0. The molecule has 7 nitrogen and oxygen atoms in total. The number of nitrogens with zero attached hydrogens (tertiary/aromatic N) is 5. The highest BCUT2D eigenvalue weighted by Crippen LogP contribution is 2.33. The summed E-state index contributed by atoms with van der Waals surface area (Å²) in [4.78, 5) is 18.4. The number of hydrogen-bond acceptors (Lipinski definition) is 4. The smallest absolute Gasteiger partial charge is 0.282 e. The molecule has 1 fully saturated rings. The topological polar surface area (TPSA) is 70.2 Å². The van der Waals surface area contributed by atoms with Crippen LogP contribution in [0.4, 0.5) is 8.78 Å². The number of amides is 1. The van der Waals surface area contributed by atoms with Crippen molar-refractivity contribution in [1.29, 1.82) is 0 Å². The molecule has 4 aromatic rings. The van der Waals surface area contributed by atoms with Crippen LogP contribution >= 0.6 is 11.3 Å². The number of aromatic amines is 1. The minimum absolute atomic E-state index is 0.366. The van der Waals surface area contributed by atoms with E-state index in [1.807, 2.05) is 35.7 Å². The highest BCUT2D eigenvalue weighted by molar-refractivity contribution is 7.12. The molecule has 1 amide bonds. The molecular formula is C18H15F2N6OS+. The molecule has 5 rings (SSSR count). The standard InChI is InChI=1S/C18H14F2N6OS/c1-24-6-13(4-22-24)12-3-21-16-14(5-23-26(16)7-12)11-2-15(28-8-11)17(27)25-9-18(19,20)10-25/h2-8H,9-10H2,1H3/p+1. The molecule has 0 aliphatic carbocycles. The summed E-state index contributed by atoms with van der Waals surface area (Å²) in [5.41, 5.74) is 4.15. The molecule has 1 aliphatic heterocycles. The van der Waals surface area contributed by atoms with Crippen LogP contribution < -0.4 is 4.68 Å². The number of hydrogen-bond donors (Lipinski definition) is 1. The van der Waals surface area contributed by atoms with Crippen LogP contribution in [0.5, 0.6) is 0 Å². The van der Waals surface area contributed by atoms with Gasteiger partial charge < -0.3 is 4.90 Å². The first-order valence-corrected chi connectivity index (χ1v) is 9.41. The lowest BCUT2D eigenvalue weighted by Crippen LogP contribution is -2.58. The van der Waals surface area contributed by atoms with Gasteiger partial charge in [0.05, 0.1) is 35.9 Å². The van der Waals surface area contributed by atoms with Crippen LogP contribution in [0.3, 0.4) is 0 Å². The highest BCUT2D eigenvalue weighted by atomic mass is 32.1. The van der Waals surface area contributed by atoms with Crippen molar-refractivity contribution in [2.75, 3.05) is 13.1 Å². The van der Waals surface area contributed by atoms with Gasteiger partial charge in [-0.2, -0.15) is 10.2 Å². The fourth-order valence-corrected chi connectivity index (χ4v) is 4.11. The van der Waals surface area contributed by atoms with E-state index in [0.29, 0.717) is 10.5 Å². The molecule has 0 bridgehead atoms. The number of halogens is 2. The Kier molecular flexibility index (Phi) is 3.60. The van der Waals surface area contributed by atoms with Crippen molar-refractivity contribution in [3.05, 3.63) is 47.3 Å². The van der Waals surface area contributed by atoms with Gasteiger partial charge in [0.15, 0.2) is 12.7 Å². The lowest BCUT2D eigenvalue weighted by Gasteiger charge is -2.38. The van der Waals surface area contributed by atoms with E-state index in [4.69, 9.17) is 0 Å². The number of H-pyrrole nitrogens is 1. The van der Waals surface area contributed by atoms with Gasteiger partial charge in [0, 0.05) is 23.5 Å². The Bertz CT molecular complexity index is 1200. The second kappa shape index (κ2) is 5.93. The average molecular weight is 401 g/mol. The number of fused-ring (bicyclic) bond motifs is 1. The molecule has 0 saturated carbocycles. The Morgan fingerprint density at radius 2 is 2.11 bits per heavy atom. The number of rotatable bonds is 3. The van der Waals surface area contributed by atoms with Crippen molar-refractivity contribution in [3.8, 4) is 22.3 Å². The van der Waals surface area contributed by atoms with E-state index >= 15 is 0 Å². The second-order valence-corrected chi connectivity index (χ2v) is 7.77. The van der Waals surface area contributed by atoms with E-state index in [0.717, 1.165) is 27.2 Å². The zero-order chi connectivity index (χ0) is 19.5. The van der Waals surface area contributed by atoms with Crippen LogP contribution in [0.25, 0.3) is 27.9 Å². The Morgan fingerprint density at radius 1 is 1.29 bits per heavy atom. The third-order valence-corrected chi connectivity index (χ3v) is 5.62. The largest absolute Gasteiger partial charge is 0.326 e. The van der Waals surface area contributed by atoms with Gasteiger partial charge in [-0.3, -0.25) is 4.79 Å². The minimum atomic E-state index is -2.77. The van der Waals surface area contributed by atoms with Gasteiger partial charge in [-0.05, 0) is 17.0 Å². The summed E-state index contributed by atoms with van der Waals surface area (Å²) >= 11 is 1.24. The first-order valence-electron chi connectivity index (χ1n) is 8.53. The molecule has 0 atom stereocenters. The third kappa shape index (κ3) is 2.76. The van der Waals surface area contributed by atoms with E-state index in [2.05, 4.69) is 15.2 Å². The fraction of sp³-hybridized carbons (Fsp3) is 0.222. The number of thiophene rings is 1. The second-order valence-electron chi connectivity index (χ2n) is 6.85. The summed E-state index contributed by atoms with van der Waals surface area (Å²) in [6.07, 6.45) is 9.17. The summed E-state index contributed by atoms with van der Waals surface area (Å²) in [5, 5.41) is 9.26. The van der Waals surface area contributed by atoms with E-state index in [9.17, 15) is 13.6 Å². The summed E-state index contributed by atoms with van der Waals surface area (Å²) < 4.78 is 29.5. The van der Waals surface area contributed by atoms with Crippen LogP contribution in [0.2, 0.25) is 0 Å². The van der Waals surface area contributed by atoms with Gasteiger partial charge in [-0.1, -0.05) is 0 Å². The predicted molar refractivity (Wildman–Crippen MR) is 98.1 cm³/mol. The van der Waals surface area contributed by atoms with Crippen LogP contribution in [-0.2, 0) is 7.05 Å². The van der Waals surface area contributed by atoms with E-state index < -0.39 is 19.0 Å². The minimum Gasteiger partial charge on any atom is -0.326 e. The van der Waals surface area contributed by atoms with Crippen molar-refractivity contribution in [2.45, 2.75) is 5.92 Å². The van der Waals surface area contributed by atoms with Gasteiger partial charge in [0.1, 0.15) is 0 Å². The monoisotopic (exact) mass is 401 g/mol. The number of carbonyl (C=O) groups excluding carboxylic acids is 1. The quantitative estimate of drug-likeness (QED) is 0.536. The maximum atomic E-state index is 13.0. The summed E-state index contributed by atoms with van der Waals surface area (Å²) in [7, 11) is 1.90. The predicted octanol–water partition coefficient (Wildman–Crippen LogP) is 2.37. The number of alkyl halides is 2. The third-order valence-electron chi connectivity index (χ3n) is 4.70. The van der Waals surface area contributed by atoms with E-state index in [1.165, 1.54) is 11.3 Å². The zero-order valence-corrected chi connectivity index (χ0v) is 15.6. The first kappa shape index (κ1) is 17.0. The molecule has 4 aromatic heterocycles. The van der Waals surface area contributed by atoms with Crippen LogP contribution in [0.15, 0.2) is 42.4 Å². The Balaban J connectivity index is 1.44. The first-order chi connectivity index (χ1) is 13.4. The Morgan fingerprint density at radius 3 is 2.82 bits per heavy atom. The molecule has 28 heavy (non-hydrogen) atoms. The summed E-state index contributed by atoms with van der Waals surface area (Å²) in [5.74, 6) is -3.13. The Hall–Kier alpha value is -3.14. The van der Waals surface area contributed by atoms with Crippen molar-refractivity contribution in [3.63, 3.8) is 0 Å². The van der Waals surface area contributed by atoms with Crippen molar-refractivity contribution in [2.24, 2.45) is 7.05 Å². The summed E-state index contributed by atoms with van der Waals surface area (Å²) in [6, 6.07) is 1.71. The van der Waals surface area contributed by atoms with Gasteiger partial charge in [-0.25, -0.2) is 18.3 Å². The number of nitrogens with one attached hydrogen (secondary N) is 1. The van der Waals surface area contributed by atoms with Crippen LogP contribution in [-0.4, -0.2) is 49.5 Å². The zero-order valence-electron chi connectivity index (χ0n) is 14.8. The maximum Gasteiger partial charge on any atom is 0.282 e. The lowest BCUT2D eigenvalue weighted by molar-refractivity contribution is -0.726. The molecule has 1 N–H and O–H groups in total. The van der Waals surface area contributed by atoms with Crippen LogP contribution in [0.1, 0.15) is 9.67 Å². The number of carbonyl (C=O) groups is 1. The molecule has 142 valence electrons. The van der Waals surface area contributed by atoms with Gasteiger partial charge in [-0.15, -0.1) is 16.0 Å². The molecule has 0 spiro atoms. The lowest BCUT2D eigenvalue weighted by atomic mass is 10.1. The normalized spacial score (nSPS) is 15.8. The number of aryl methyl sites for hydroxylation is 1. The molecule has 0 unspecified atom stereocenters. The average Bonchev–Trinajstić information content (AvgIpc) is 3.37. The molecule has 10 heteroatoms. The summed E-state index contributed by atoms with van der Waals surface area (Å²) in [6.45, 7) is -1.03. The molecule has 1 saturated heterocycles. The molecule has 0 radical (unpaired) electrons. The van der Waals surface area contributed by atoms with Crippen molar-refractivity contribution in [1.82, 2.24) is 24.6 Å². The molecule has 5 heterocycles. The molecule has 1 aliphatic rings. The van der Waals surface area contributed by atoms with Gasteiger partial charge in [0.2, 0.25) is 6.20 Å². The van der Waals surface area contributed by atoms with E-state index in [1.54, 1.807) is 23.0 Å². The number of aromatic nitrogens is 5. The highest BCUT2D eigenvalue weighted by Gasteiger charge is 2.46. The van der Waals surface area contributed by atoms with Crippen molar-refractivity contribution < 1.29 is 18.3 Å². The van der Waals surface area contributed by atoms with Crippen LogP contribution in [0, 0.1) is 0 Å². The van der Waals surface area contributed by atoms with Gasteiger partial charge in [0.25, 0.3) is 11.8 Å². The van der Waals surface area contributed by atoms with Crippen molar-refractivity contribution >= 4 is 22.9 Å². The fourth-order valence-electron chi connectivity index (χ4n) is 3.24. The molecule has 0 aromatic carbocycles. The van der Waals surface area contributed by atoms with Gasteiger partial charge >= 0.3 is 0 Å². The number of likely N-dealkylation sites (tertiary alicyclic amines) is 1.